The summed E-state index contributed by atoms with van der Waals surface area (Å²) < 4.78 is 11.2. The van der Waals surface area contributed by atoms with Gasteiger partial charge in [-0.1, -0.05) is 18.2 Å². The number of aromatic nitrogens is 2. The molecule has 2 amide bonds. The molecule has 0 saturated heterocycles. The van der Waals surface area contributed by atoms with E-state index in [1.807, 2.05) is 65.8 Å². The molecule has 2 heterocycles. The molecule has 3 rings (SSSR count). The lowest BCUT2D eigenvalue weighted by Crippen LogP contribution is -2.40. The van der Waals surface area contributed by atoms with Crippen molar-refractivity contribution in [1.82, 2.24) is 19.9 Å². The molecule has 1 aliphatic rings. The molecule has 1 aliphatic heterocycles. The standard InChI is InChI=1S/C25H30N6O4/c1-16-7-8-19(13-17(16)2)14-30(24(33)35-25(4,5)6)18(3)21-22(28-11-10-27-21)23-29-31(12-9-26)20(32)15-34-23/h7-8,10-11,13,18H,12,14-15H2,1-6H3. The molecule has 0 saturated carbocycles. The number of carbonyl (C=O) groups is 2. The molecule has 10 nitrogen and oxygen atoms in total. The smallest absolute Gasteiger partial charge is 0.411 e. The summed E-state index contributed by atoms with van der Waals surface area (Å²) in [6.07, 6.45) is 2.48. The van der Waals surface area contributed by atoms with Crippen molar-refractivity contribution in [2.24, 2.45) is 5.10 Å². The van der Waals surface area contributed by atoms with Crippen LogP contribution in [-0.2, 0) is 20.8 Å². The number of hydrogen-bond donors (Lipinski definition) is 0. The van der Waals surface area contributed by atoms with E-state index in [4.69, 9.17) is 14.7 Å². The van der Waals surface area contributed by atoms with E-state index in [0.29, 0.717) is 5.69 Å². The predicted molar refractivity (Wildman–Crippen MR) is 128 cm³/mol. The van der Waals surface area contributed by atoms with Gasteiger partial charge < -0.3 is 9.47 Å². The highest BCUT2D eigenvalue weighted by molar-refractivity contribution is 5.97. The minimum Gasteiger partial charge on any atom is -0.465 e. The summed E-state index contributed by atoms with van der Waals surface area (Å²) in [6, 6.07) is 7.35. The second-order valence-corrected chi connectivity index (χ2v) is 9.30. The van der Waals surface area contributed by atoms with Crippen LogP contribution in [0, 0.1) is 25.2 Å². The summed E-state index contributed by atoms with van der Waals surface area (Å²) in [6.45, 7) is 11.1. The van der Waals surface area contributed by atoms with Gasteiger partial charge in [0.2, 0.25) is 0 Å². The molecule has 0 bridgehead atoms. The number of carbonyl (C=O) groups excluding carboxylic acids is 2. The molecule has 1 aromatic carbocycles. The lowest BCUT2D eigenvalue weighted by atomic mass is 10.0. The van der Waals surface area contributed by atoms with Crippen LogP contribution in [0.3, 0.4) is 0 Å². The maximum atomic E-state index is 13.3. The van der Waals surface area contributed by atoms with E-state index in [1.54, 1.807) is 4.90 Å². The fourth-order valence-electron chi connectivity index (χ4n) is 3.45. The molecule has 1 unspecified atom stereocenters. The summed E-state index contributed by atoms with van der Waals surface area (Å²) in [7, 11) is 0. The topological polar surface area (TPSA) is 121 Å². The number of hydrazone groups is 1. The van der Waals surface area contributed by atoms with E-state index in [1.165, 1.54) is 12.4 Å². The van der Waals surface area contributed by atoms with E-state index in [2.05, 4.69) is 15.1 Å². The van der Waals surface area contributed by atoms with Gasteiger partial charge in [-0.3, -0.25) is 14.7 Å². The Bertz CT molecular complexity index is 1180. The monoisotopic (exact) mass is 478 g/mol. The lowest BCUT2D eigenvalue weighted by molar-refractivity contribution is -0.134. The van der Waals surface area contributed by atoms with Gasteiger partial charge >= 0.3 is 6.09 Å². The van der Waals surface area contributed by atoms with Gasteiger partial charge in [0, 0.05) is 18.9 Å². The Morgan fingerprint density at radius 2 is 1.97 bits per heavy atom. The van der Waals surface area contributed by atoms with Gasteiger partial charge in [0.25, 0.3) is 11.8 Å². The minimum absolute atomic E-state index is 0.0603. The lowest BCUT2D eigenvalue weighted by Gasteiger charge is -2.32. The van der Waals surface area contributed by atoms with Crippen LogP contribution in [-0.4, -0.2) is 56.5 Å². The average molecular weight is 479 g/mol. The Balaban J connectivity index is 2.01. The number of benzene rings is 1. The third-order valence-corrected chi connectivity index (χ3v) is 5.40. The highest BCUT2D eigenvalue weighted by Gasteiger charge is 2.32. The Labute approximate surface area is 205 Å². The highest BCUT2D eigenvalue weighted by atomic mass is 16.6. The third kappa shape index (κ3) is 6.32. The van der Waals surface area contributed by atoms with Crippen LogP contribution < -0.4 is 0 Å². The second-order valence-electron chi connectivity index (χ2n) is 9.30. The van der Waals surface area contributed by atoms with Crippen molar-refractivity contribution >= 4 is 17.9 Å². The fraction of sp³-hybridized carbons (Fsp3) is 0.440. The summed E-state index contributed by atoms with van der Waals surface area (Å²) in [5, 5.41) is 14.2. The van der Waals surface area contributed by atoms with Gasteiger partial charge in [0.15, 0.2) is 12.3 Å². The number of rotatable bonds is 6. The van der Waals surface area contributed by atoms with Crippen LogP contribution in [0.15, 0.2) is 35.7 Å². The first-order chi connectivity index (χ1) is 16.5. The van der Waals surface area contributed by atoms with Gasteiger partial charge in [0.1, 0.15) is 12.1 Å². The molecule has 184 valence electrons. The van der Waals surface area contributed by atoms with Gasteiger partial charge in [-0.2, -0.15) is 5.26 Å². The number of hydrogen-bond acceptors (Lipinski definition) is 8. The molecule has 0 radical (unpaired) electrons. The quantitative estimate of drug-likeness (QED) is 0.581. The first kappa shape index (κ1) is 25.6. The molecule has 0 aliphatic carbocycles. The zero-order valence-corrected chi connectivity index (χ0v) is 20.9. The van der Waals surface area contributed by atoms with Crippen LogP contribution in [0.2, 0.25) is 0 Å². The van der Waals surface area contributed by atoms with Crippen molar-refractivity contribution in [3.05, 3.63) is 58.7 Å². The fourth-order valence-corrected chi connectivity index (χ4v) is 3.45. The Kier molecular flexibility index (Phi) is 7.69. The predicted octanol–water partition coefficient (Wildman–Crippen LogP) is 3.64. The first-order valence-corrected chi connectivity index (χ1v) is 11.3. The van der Waals surface area contributed by atoms with Crippen LogP contribution in [0.1, 0.15) is 61.8 Å². The maximum absolute atomic E-state index is 13.3. The zero-order chi connectivity index (χ0) is 25.8. The van der Waals surface area contributed by atoms with Crippen molar-refractivity contribution in [2.75, 3.05) is 13.2 Å². The van der Waals surface area contributed by atoms with E-state index in [9.17, 15) is 9.59 Å². The Morgan fingerprint density at radius 3 is 2.63 bits per heavy atom. The molecule has 1 atom stereocenters. The van der Waals surface area contributed by atoms with Gasteiger partial charge in [-0.15, -0.1) is 5.10 Å². The SMILES string of the molecule is Cc1ccc(CN(C(=O)OC(C)(C)C)C(C)c2nccnc2C2=NN(CC#N)C(=O)CO2)cc1C. The number of amides is 2. The van der Waals surface area contributed by atoms with Gasteiger partial charge in [0.05, 0.1) is 17.8 Å². The largest absolute Gasteiger partial charge is 0.465 e. The van der Waals surface area contributed by atoms with Gasteiger partial charge in [-0.05, 0) is 58.2 Å². The Hall–Kier alpha value is -4.00. The third-order valence-electron chi connectivity index (χ3n) is 5.40. The zero-order valence-electron chi connectivity index (χ0n) is 20.9. The molecule has 35 heavy (non-hydrogen) atoms. The van der Waals surface area contributed by atoms with Crippen molar-refractivity contribution in [1.29, 1.82) is 5.26 Å². The first-order valence-electron chi connectivity index (χ1n) is 11.3. The normalized spacial score (nSPS) is 14.5. The summed E-state index contributed by atoms with van der Waals surface area (Å²) in [5.74, 6) is -0.371. The molecule has 0 N–H and O–H groups in total. The summed E-state index contributed by atoms with van der Waals surface area (Å²) >= 11 is 0. The van der Waals surface area contributed by atoms with E-state index in [0.717, 1.165) is 21.7 Å². The van der Waals surface area contributed by atoms with Gasteiger partial charge in [-0.25, -0.2) is 14.8 Å². The summed E-state index contributed by atoms with van der Waals surface area (Å²) in [5.41, 5.74) is 3.22. The van der Waals surface area contributed by atoms with E-state index >= 15 is 0 Å². The number of ether oxygens (including phenoxy) is 2. The second kappa shape index (κ2) is 10.5. The van der Waals surface area contributed by atoms with Crippen LogP contribution in [0.4, 0.5) is 4.79 Å². The molecule has 0 fully saturated rings. The number of nitrogens with zero attached hydrogens (tertiary/aromatic N) is 6. The highest BCUT2D eigenvalue weighted by Crippen LogP contribution is 2.27. The van der Waals surface area contributed by atoms with Crippen molar-refractivity contribution in [2.45, 2.75) is 59.7 Å². The number of nitriles is 1. The minimum atomic E-state index is -0.696. The van der Waals surface area contributed by atoms with Crippen LogP contribution in [0.5, 0.6) is 0 Å². The molecule has 10 heteroatoms. The van der Waals surface area contributed by atoms with Crippen molar-refractivity contribution < 1.29 is 19.1 Å². The molecule has 1 aromatic heterocycles. The number of aryl methyl sites for hydroxylation is 2. The van der Waals surface area contributed by atoms with Crippen LogP contribution in [0.25, 0.3) is 0 Å². The average Bonchev–Trinajstić information content (AvgIpc) is 2.80. The molecule has 0 spiro atoms. The van der Waals surface area contributed by atoms with E-state index < -0.39 is 23.6 Å². The Morgan fingerprint density at radius 1 is 1.26 bits per heavy atom. The maximum Gasteiger partial charge on any atom is 0.411 e. The summed E-state index contributed by atoms with van der Waals surface area (Å²) in [4.78, 5) is 35.7. The molecular formula is C25H30N6O4. The molecule has 2 aromatic rings. The van der Waals surface area contributed by atoms with Crippen molar-refractivity contribution in [3.63, 3.8) is 0 Å². The van der Waals surface area contributed by atoms with E-state index in [-0.39, 0.29) is 31.3 Å². The molecular weight excluding hydrogens is 448 g/mol. The van der Waals surface area contributed by atoms with Crippen molar-refractivity contribution in [3.8, 4) is 6.07 Å². The van der Waals surface area contributed by atoms with Crippen LogP contribution >= 0.6 is 0 Å².